The number of hydrogen-bond acceptors (Lipinski definition) is 32. The molecule has 7 heterocycles. The van der Waals surface area contributed by atoms with Crippen molar-refractivity contribution in [1.29, 1.82) is 0 Å². The van der Waals surface area contributed by atoms with E-state index < -0.39 is 44.9 Å². The summed E-state index contributed by atoms with van der Waals surface area (Å²) in [6.45, 7) is 16.3. The number of nitro benzene ring substituents is 2. The third-order valence-corrected chi connectivity index (χ3v) is 20.7. The van der Waals surface area contributed by atoms with E-state index in [-0.39, 0.29) is 119 Å². The maximum Gasteiger partial charge on any atom is 0.318 e. The minimum Gasteiger partial charge on any atom is -0.507 e. The molecule has 15 aromatic rings. The summed E-state index contributed by atoms with van der Waals surface area (Å²) in [5, 5.41) is 72.0. The number of carbonyl (C=O) groups excluding carboxylic acids is 7. The number of nitrogens with zero attached hydrogens (tertiary/aromatic N) is 9. The molecule has 0 unspecified atom stereocenters. The van der Waals surface area contributed by atoms with Crippen LogP contribution in [0.5, 0.6) is 40.2 Å². The number of halogens is 2. The number of para-hydroxylation sites is 2. The Morgan fingerprint density at radius 3 is 1.00 bits per heavy atom. The molecule has 0 fully saturated rings. The van der Waals surface area contributed by atoms with Crippen LogP contribution < -0.4 is 9.47 Å². The molecule has 730 valence electrons. The van der Waals surface area contributed by atoms with Gasteiger partial charge in [0.1, 0.15) is 161 Å². The Labute approximate surface area is 830 Å². The van der Waals surface area contributed by atoms with E-state index in [0.717, 1.165) is 77.2 Å². The zero-order valence-corrected chi connectivity index (χ0v) is 81.8. The van der Waals surface area contributed by atoms with Gasteiger partial charge in [0.05, 0.1) is 107 Å². The normalized spacial score (nSPS) is 11.0. The Hall–Kier alpha value is -17.3. The predicted octanol–water partition coefficient (Wildman–Crippen LogP) is 21.9. The van der Waals surface area contributed by atoms with E-state index in [2.05, 4.69) is 66.8 Å². The zero-order chi connectivity index (χ0) is 103. The van der Waals surface area contributed by atoms with E-state index in [1.54, 1.807) is 149 Å². The molecule has 0 radical (unpaired) electrons. The lowest BCUT2D eigenvalue weighted by atomic mass is 10.0. The Balaban J connectivity index is 0.000000185. The number of phenols is 5. The van der Waals surface area contributed by atoms with Crippen LogP contribution in [-0.4, -0.2) is 179 Å². The first-order valence-electron chi connectivity index (χ1n) is 43.0. The number of aromatic hydroxyl groups is 5. The standard InChI is InChI=1S/C18H15NO3.C17H19NO3.C15H15NO3.2C14H12BrNO3.C14H11N3O7.C14H13NO3/c1-12-6-7-15(22-12)10-19-11-18(21)16-8-13-4-2-3-5-14(13)9-17(16)20;1-11-7-14(8-17(20-4)13(11)3)16(19)10-18-9-15-6-5-12(2)21-15;1-11-7-8-12(19-11)9-16-10-14(17)13-5-3-4-6-15(13)18-2;1-9-2-4-11(19-9)7-16-8-14(18)12-6-10(15)3-5-13(12)17;1-9-2-4-11(19-9)7-16-8-14(18)12-5-3-10(15)6-13(12)17;1-8-2-3-10(24-8)6-15-7-13(18)11-4-9(16(20)21)5-12(14(11)19)17(22)23;1-10-6-7-11(18-10)8-15-9-14(17)12-4-2-3-5-13(12)16/h2-10,20H,11H2,1H3;5-9H,10H2,1-4H3;3-9H,10H2,1-2H3;2*2-7,17H,8H2,1H3;2-6,19H,7H2,1H3;2-8,16H,9H2,1H3. The molecular weight excluding hydrogens is 1960 g/mol. The van der Waals surface area contributed by atoms with Crippen molar-refractivity contribution < 1.29 is 109 Å². The highest BCUT2D eigenvalue weighted by molar-refractivity contribution is 9.10. The van der Waals surface area contributed by atoms with Crippen molar-refractivity contribution in [3.8, 4) is 40.2 Å². The molecule has 5 N–H and O–H groups in total. The molecular formula is C106H97Br2N9O25. The van der Waals surface area contributed by atoms with Crippen molar-refractivity contribution in [2.45, 2.75) is 62.3 Å². The number of nitro groups is 2. The summed E-state index contributed by atoms with van der Waals surface area (Å²) >= 11 is 6.47. The molecule has 0 bridgehead atoms. The van der Waals surface area contributed by atoms with Gasteiger partial charge in [-0.3, -0.25) is 88.7 Å². The first-order chi connectivity index (χ1) is 67.9. The zero-order valence-electron chi connectivity index (χ0n) is 78.6. The van der Waals surface area contributed by atoms with Gasteiger partial charge in [0.25, 0.3) is 5.69 Å². The number of carbonyl (C=O) groups is 7. The van der Waals surface area contributed by atoms with E-state index in [0.29, 0.717) is 69.0 Å². The second-order valence-electron chi connectivity index (χ2n) is 30.6. The SMILES string of the molecule is COc1cc(C(=O)CN=Cc2ccc(C)o2)cc(C)c1C.COc1ccccc1C(=O)CN=Cc1ccc(C)o1.Cc1ccc(C=NCC(=O)c2cc(Br)ccc2O)o1.Cc1ccc(C=NCC(=O)c2cc([N+](=O)[O-])cc([N+](=O)[O-])c2O)o1.Cc1ccc(C=NCC(=O)c2cc3ccccc3cc2O)o1.Cc1ccc(C=NCC(=O)c2ccc(Br)cc2O)o1.Cc1ccc(C=NCC(=O)c2ccccc2O)o1. The van der Waals surface area contributed by atoms with Crippen LogP contribution in [0.2, 0.25) is 0 Å². The van der Waals surface area contributed by atoms with Gasteiger partial charge >= 0.3 is 5.69 Å². The molecule has 0 saturated carbocycles. The van der Waals surface area contributed by atoms with Crippen molar-refractivity contribution in [2.75, 3.05) is 60.0 Å². The predicted molar refractivity (Wildman–Crippen MR) is 544 cm³/mol. The number of methoxy groups -OCH3 is 2. The van der Waals surface area contributed by atoms with Gasteiger partial charge in [0.2, 0.25) is 5.75 Å². The number of benzene rings is 8. The number of aryl methyl sites for hydroxylation is 8. The summed E-state index contributed by atoms with van der Waals surface area (Å²) in [6, 6.07) is 63.9. The lowest BCUT2D eigenvalue weighted by Crippen LogP contribution is -2.06. The lowest BCUT2D eigenvalue weighted by Gasteiger charge is -2.09. The third-order valence-electron chi connectivity index (χ3n) is 19.7. The van der Waals surface area contributed by atoms with Gasteiger partial charge in [-0.15, -0.1) is 0 Å². The average Bonchev–Trinajstić information content (AvgIpc) is 1.11. The van der Waals surface area contributed by atoms with E-state index >= 15 is 0 Å². The van der Waals surface area contributed by atoms with E-state index in [1.165, 1.54) is 49.3 Å². The number of rotatable bonds is 32. The van der Waals surface area contributed by atoms with Crippen LogP contribution >= 0.6 is 31.9 Å². The number of hydrogen-bond donors (Lipinski definition) is 5. The molecule has 0 aliphatic carbocycles. The number of ether oxygens (including phenoxy) is 2. The first kappa shape index (κ1) is 108. The molecule has 0 saturated heterocycles. The highest BCUT2D eigenvalue weighted by Crippen LogP contribution is 2.36. The molecule has 0 aliphatic rings. The molecule has 0 amide bonds. The molecule has 15 rings (SSSR count). The minimum atomic E-state index is -1.01. The molecule has 36 heteroatoms. The maximum absolute atomic E-state index is 12.2. The number of non-ortho nitro benzene ring substituents is 1. The minimum absolute atomic E-state index is 0.0165. The second-order valence-corrected chi connectivity index (χ2v) is 32.5. The lowest BCUT2D eigenvalue weighted by molar-refractivity contribution is -0.394. The van der Waals surface area contributed by atoms with Crippen LogP contribution in [0.15, 0.2) is 305 Å². The number of furan rings is 7. The second kappa shape index (κ2) is 54.0. The number of fused-ring (bicyclic) bond motifs is 1. The van der Waals surface area contributed by atoms with Gasteiger partial charge in [-0.25, -0.2) is 0 Å². The smallest absolute Gasteiger partial charge is 0.318 e. The van der Waals surface area contributed by atoms with Gasteiger partial charge in [-0.1, -0.05) is 80.4 Å². The van der Waals surface area contributed by atoms with Gasteiger partial charge in [0.15, 0.2) is 40.5 Å². The summed E-state index contributed by atoms with van der Waals surface area (Å²) in [5.74, 6) is 7.88. The van der Waals surface area contributed by atoms with Crippen molar-refractivity contribution in [3.05, 3.63) is 390 Å². The fourth-order valence-corrected chi connectivity index (χ4v) is 13.3. The highest BCUT2D eigenvalue weighted by atomic mass is 79.9. The largest absolute Gasteiger partial charge is 0.507 e. The number of Topliss-reactive ketones (excluding diaryl/α,β-unsaturated/α-hetero) is 7. The average molecular weight is 2060 g/mol. The fraction of sp³-hybridized carbons (Fsp3) is 0.170. The monoisotopic (exact) mass is 2050 g/mol. The summed E-state index contributed by atoms with van der Waals surface area (Å²) in [6.07, 6.45) is 10.4. The van der Waals surface area contributed by atoms with E-state index in [4.69, 9.17) is 40.4 Å². The van der Waals surface area contributed by atoms with Crippen molar-refractivity contribution in [3.63, 3.8) is 0 Å². The number of ketones is 7. The van der Waals surface area contributed by atoms with Crippen molar-refractivity contribution in [2.24, 2.45) is 34.9 Å². The van der Waals surface area contributed by atoms with Crippen LogP contribution in [0.1, 0.15) is 164 Å². The van der Waals surface area contributed by atoms with Gasteiger partial charge in [-0.2, -0.15) is 0 Å². The quantitative estimate of drug-likeness (QED) is 0.0113. The summed E-state index contributed by atoms with van der Waals surface area (Å²) in [5.41, 5.74) is 2.18. The van der Waals surface area contributed by atoms with E-state index in [9.17, 15) is 79.3 Å². The van der Waals surface area contributed by atoms with Crippen LogP contribution in [0.3, 0.4) is 0 Å². The topological polar surface area (TPSA) is 504 Å². The molecule has 7 aromatic heterocycles. The number of phenolic OH excluding ortho intramolecular Hbond substituents is 5. The van der Waals surface area contributed by atoms with Crippen molar-refractivity contribution >= 4 is 138 Å². The van der Waals surface area contributed by atoms with Crippen LogP contribution in [-0.2, 0) is 0 Å². The van der Waals surface area contributed by atoms with Crippen LogP contribution in [0.25, 0.3) is 10.8 Å². The Bertz CT molecular complexity index is 7210. The third kappa shape index (κ3) is 34.2. The molecule has 0 atom stereocenters. The summed E-state index contributed by atoms with van der Waals surface area (Å²) < 4.78 is 49.0. The van der Waals surface area contributed by atoms with Crippen molar-refractivity contribution in [1.82, 2.24) is 0 Å². The first-order valence-corrected chi connectivity index (χ1v) is 44.6. The molecule has 34 nitrogen and oxygen atoms in total. The maximum atomic E-state index is 12.2. The summed E-state index contributed by atoms with van der Waals surface area (Å²) in [4.78, 5) is 132. The Morgan fingerprint density at radius 1 is 0.310 bits per heavy atom. The molecule has 0 aliphatic heterocycles. The van der Waals surface area contributed by atoms with Gasteiger partial charge in [0, 0.05) is 20.6 Å². The molecule has 142 heavy (non-hydrogen) atoms. The van der Waals surface area contributed by atoms with E-state index in [1.807, 2.05) is 140 Å². The Morgan fingerprint density at radius 2 is 0.627 bits per heavy atom. The Kier molecular flexibility index (Phi) is 41.2. The molecule has 8 aromatic carbocycles. The summed E-state index contributed by atoms with van der Waals surface area (Å²) in [7, 11) is 3.15. The molecule has 0 spiro atoms. The van der Waals surface area contributed by atoms with Gasteiger partial charge in [-0.05, 0) is 254 Å². The van der Waals surface area contributed by atoms with Crippen LogP contribution in [0, 0.1) is 82.5 Å². The fourth-order valence-electron chi connectivity index (χ4n) is 12.6. The number of aliphatic imine (C=N–C) groups is 7. The van der Waals surface area contributed by atoms with Crippen LogP contribution in [0.4, 0.5) is 11.4 Å². The highest BCUT2D eigenvalue weighted by Gasteiger charge is 2.28. The van der Waals surface area contributed by atoms with Gasteiger partial charge < -0.3 is 65.9 Å².